The largest absolute Gasteiger partial charge is 0.493 e. The van der Waals surface area contributed by atoms with Crippen LogP contribution in [-0.4, -0.2) is 25.6 Å². The summed E-state index contributed by atoms with van der Waals surface area (Å²) in [6.07, 6.45) is 7.68. The Morgan fingerprint density at radius 1 is 1.23 bits per heavy atom. The fraction of sp³-hybridized carbons (Fsp3) is 0.421. The van der Waals surface area contributed by atoms with Gasteiger partial charge in [0, 0.05) is 18.9 Å². The molecule has 114 valence electrons. The molecule has 3 rings (SSSR count). The Balaban J connectivity index is 2.18. The van der Waals surface area contributed by atoms with E-state index < -0.39 is 11.5 Å². The molecule has 1 fully saturated rings. The van der Waals surface area contributed by atoms with Gasteiger partial charge in [-0.15, -0.1) is 6.42 Å². The van der Waals surface area contributed by atoms with Crippen LogP contribution in [0.2, 0.25) is 0 Å². The zero-order valence-electron chi connectivity index (χ0n) is 13.1. The number of Topliss-reactive ketones (excluding diaryl/α,β-unsaturated/α-hetero) is 1. The summed E-state index contributed by atoms with van der Waals surface area (Å²) in [6.45, 7) is 2.13. The Hall–Kier alpha value is -2.05. The predicted octanol–water partition coefficient (Wildman–Crippen LogP) is 2.78. The fourth-order valence-electron chi connectivity index (χ4n) is 4.27. The van der Waals surface area contributed by atoms with Gasteiger partial charge in [0.15, 0.2) is 5.76 Å². The minimum atomic E-state index is -0.890. The molecule has 1 saturated carbocycles. The lowest BCUT2D eigenvalue weighted by molar-refractivity contribution is -0.131. The van der Waals surface area contributed by atoms with E-state index in [9.17, 15) is 4.79 Å². The molecule has 0 unspecified atom stereocenters. The topological polar surface area (TPSA) is 35.5 Å². The van der Waals surface area contributed by atoms with E-state index in [1.807, 2.05) is 24.3 Å². The van der Waals surface area contributed by atoms with Crippen molar-refractivity contribution in [3.8, 4) is 12.3 Å². The molecule has 0 N–H and O–H groups in total. The van der Waals surface area contributed by atoms with Crippen molar-refractivity contribution in [3.63, 3.8) is 0 Å². The maximum Gasteiger partial charge on any atom is 0.204 e. The monoisotopic (exact) mass is 296 g/mol. The van der Waals surface area contributed by atoms with Gasteiger partial charge in [-0.2, -0.15) is 0 Å². The second kappa shape index (κ2) is 5.30. The summed E-state index contributed by atoms with van der Waals surface area (Å²) in [5.74, 6) is 2.91. The fourth-order valence-corrected chi connectivity index (χ4v) is 4.27. The third-order valence-corrected chi connectivity index (χ3v) is 5.27. The van der Waals surface area contributed by atoms with Crippen molar-refractivity contribution >= 4 is 5.78 Å². The van der Waals surface area contributed by atoms with Crippen LogP contribution in [0.15, 0.2) is 42.2 Å². The van der Waals surface area contributed by atoms with E-state index in [0.29, 0.717) is 5.76 Å². The molecule has 2 bridgehead atoms. The van der Waals surface area contributed by atoms with Gasteiger partial charge in [-0.3, -0.25) is 4.79 Å². The highest BCUT2D eigenvalue weighted by Crippen LogP contribution is 2.58. The normalized spacial score (nSPS) is 36.6. The number of ketones is 1. The molecule has 0 radical (unpaired) electrons. The van der Waals surface area contributed by atoms with Gasteiger partial charge >= 0.3 is 0 Å². The second-order valence-electron chi connectivity index (χ2n) is 6.04. The predicted molar refractivity (Wildman–Crippen MR) is 84.0 cm³/mol. The number of carbonyl (C=O) groups is 1. The molecule has 22 heavy (non-hydrogen) atoms. The highest BCUT2D eigenvalue weighted by atomic mass is 16.5. The number of hydrogen-bond donors (Lipinski definition) is 0. The SMILES string of the molecule is C#C[C@]1(OC)[C@@H]2C(=O)C(OC)=C[C@H]1[C@H](C)[C@H]2c1ccccc1. The zero-order chi connectivity index (χ0) is 15.9. The Kier molecular flexibility index (Phi) is 3.58. The number of hydrogen-bond acceptors (Lipinski definition) is 3. The number of carbonyl (C=O) groups excluding carboxylic acids is 1. The highest BCUT2D eigenvalue weighted by molar-refractivity contribution is 5.99. The van der Waals surface area contributed by atoms with Gasteiger partial charge in [-0.25, -0.2) is 0 Å². The number of benzene rings is 1. The minimum Gasteiger partial charge on any atom is -0.493 e. The van der Waals surface area contributed by atoms with E-state index in [2.05, 4.69) is 25.0 Å². The number of ether oxygens (including phenoxy) is 2. The van der Waals surface area contributed by atoms with Crippen LogP contribution in [0.1, 0.15) is 18.4 Å². The Labute approximate surface area is 131 Å². The van der Waals surface area contributed by atoms with Crippen molar-refractivity contribution in [2.45, 2.75) is 18.4 Å². The smallest absolute Gasteiger partial charge is 0.204 e. The molecule has 3 nitrogen and oxygen atoms in total. The average Bonchev–Trinajstić information content (AvgIpc) is 2.74. The summed E-state index contributed by atoms with van der Waals surface area (Å²) in [5.41, 5.74) is 0.234. The number of allylic oxidation sites excluding steroid dienone is 1. The first kappa shape index (κ1) is 14.9. The molecule has 0 saturated heterocycles. The van der Waals surface area contributed by atoms with Crippen LogP contribution in [-0.2, 0) is 14.3 Å². The van der Waals surface area contributed by atoms with Gasteiger partial charge in [0.05, 0.1) is 13.0 Å². The van der Waals surface area contributed by atoms with Gasteiger partial charge in [-0.05, 0) is 17.6 Å². The lowest BCUT2D eigenvalue weighted by Crippen LogP contribution is -2.48. The lowest BCUT2D eigenvalue weighted by atomic mass is 9.74. The van der Waals surface area contributed by atoms with E-state index in [0.717, 1.165) is 5.56 Å². The number of methoxy groups -OCH3 is 2. The summed E-state index contributed by atoms with van der Waals surface area (Å²) in [4.78, 5) is 12.9. The molecule has 2 aliphatic carbocycles. The Morgan fingerprint density at radius 3 is 2.45 bits per heavy atom. The van der Waals surface area contributed by atoms with Crippen molar-refractivity contribution in [3.05, 3.63) is 47.7 Å². The molecule has 0 aromatic heterocycles. The van der Waals surface area contributed by atoms with Crippen molar-refractivity contribution in [1.29, 1.82) is 0 Å². The van der Waals surface area contributed by atoms with E-state index >= 15 is 0 Å². The highest BCUT2D eigenvalue weighted by Gasteiger charge is 2.64. The van der Waals surface area contributed by atoms with Crippen LogP contribution in [0.3, 0.4) is 0 Å². The van der Waals surface area contributed by atoms with Crippen molar-refractivity contribution in [2.75, 3.05) is 14.2 Å². The third-order valence-electron chi connectivity index (χ3n) is 5.27. The molecule has 0 aliphatic heterocycles. The minimum absolute atomic E-state index is 0.0265. The molecular formula is C19H20O3. The van der Waals surface area contributed by atoms with Crippen LogP contribution in [0, 0.1) is 30.1 Å². The van der Waals surface area contributed by atoms with E-state index in [4.69, 9.17) is 15.9 Å². The van der Waals surface area contributed by atoms with Crippen LogP contribution in [0.4, 0.5) is 0 Å². The van der Waals surface area contributed by atoms with Crippen LogP contribution in [0.25, 0.3) is 0 Å². The molecule has 2 aliphatic rings. The van der Waals surface area contributed by atoms with Gasteiger partial charge in [0.2, 0.25) is 5.78 Å². The maximum atomic E-state index is 12.9. The van der Waals surface area contributed by atoms with Crippen molar-refractivity contribution in [2.24, 2.45) is 17.8 Å². The quantitative estimate of drug-likeness (QED) is 0.805. The van der Waals surface area contributed by atoms with Gasteiger partial charge < -0.3 is 9.47 Å². The third kappa shape index (κ3) is 1.77. The van der Waals surface area contributed by atoms with Crippen LogP contribution in [0.5, 0.6) is 0 Å². The van der Waals surface area contributed by atoms with E-state index in [-0.39, 0.29) is 23.5 Å². The Morgan fingerprint density at radius 2 is 1.91 bits per heavy atom. The van der Waals surface area contributed by atoms with Crippen LogP contribution >= 0.6 is 0 Å². The van der Waals surface area contributed by atoms with Crippen molar-refractivity contribution in [1.82, 2.24) is 0 Å². The molecule has 0 amide bonds. The maximum absolute atomic E-state index is 12.9. The summed E-state index contributed by atoms with van der Waals surface area (Å²) < 4.78 is 11.0. The van der Waals surface area contributed by atoms with Gasteiger partial charge in [0.25, 0.3) is 0 Å². The van der Waals surface area contributed by atoms with Crippen LogP contribution < -0.4 is 0 Å². The van der Waals surface area contributed by atoms with Gasteiger partial charge in [0.1, 0.15) is 5.60 Å². The number of rotatable bonds is 3. The molecule has 1 aromatic carbocycles. The average molecular weight is 296 g/mol. The van der Waals surface area contributed by atoms with E-state index in [1.54, 1.807) is 7.11 Å². The zero-order valence-corrected chi connectivity index (χ0v) is 13.1. The van der Waals surface area contributed by atoms with Crippen molar-refractivity contribution < 1.29 is 14.3 Å². The lowest BCUT2D eigenvalue weighted by Gasteiger charge is -2.37. The molecule has 1 aromatic rings. The first-order chi connectivity index (χ1) is 10.6. The summed E-state index contributed by atoms with van der Waals surface area (Å²) in [5, 5.41) is 0. The standard InChI is InChI=1S/C19H20O3/c1-5-19(22-4)14-11-15(21-3)18(20)17(19)16(12(14)2)13-9-7-6-8-10-13/h1,6-12,14,16-17H,2-4H3/t12-,14-,16-,17-,19+/m0/s1. The second-order valence-corrected chi connectivity index (χ2v) is 6.04. The van der Waals surface area contributed by atoms with E-state index in [1.165, 1.54) is 7.11 Å². The molecule has 3 heteroatoms. The summed E-state index contributed by atoms with van der Waals surface area (Å²) in [7, 11) is 3.12. The summed E-state index contributed by atoms with van der Waals surface area (Å²) >= 11 is 0. The number of terminal acetylenes is 1. The Bertz CT molecular complexity index is 655. The first-order valence-corrected chi connectivity index (χ1v) is 7.48. The molecule has 0 spiro atoms. The number of fused-ring (bicyclic) bond motifs is 2. The molecule has 5 atom stereocenters. The first-order valence-electron chi connectivity index (χ1n) is 7.48. The molecule has 0 heterocycles. The van der Waals surface area contributed by atoms with Gasteiger partial charge in [-0.1, -0.05) is 43.2 Å². The summed E-state index contributed by atoms with van der Waals surface area (Å²) in [6, 6.07) is 10.1. The molecular weight excluding hydrogens is 276 g/mol.